The number of rotatable bonds is 13. The number of piperidine rings is 1. The van der Waals surface area contributed by atoms with Gasteiger partial charge in [0, 0.05) is 111 Å². The molecule has 5 saturated heterocycles. The Labute approximate surface area is 576 Å². The van der Waals surface area contributed by atoms with E-state index < -0.39 is 27.9 Å². The van der Waals surface area contributed by atoms with Gasteiger partial charge in [0.05, 0.1) is 88.3 Å². The summed E-state index contributed by atoms with van der Waals surface area (Å²) in [6.07, 6.45) is 20.9. The Hall–Kier alpha value is -8.31. The summed E-state index contributed by atoms with van der Waals surface area (Å²) in [5.74, 6) is 0.632. The summed E-state index contributed by atoms with van der Waals surface area (Å²) < 4.78 is 44.8. The van der Waals surface area contributed by atoms with E-state index in [-0.39, 0.29) is 47.6 Å². The molecule has 0 unspecified atom stereocenters. The van der Waals surface area contributed by atoms with E-state index in [0.717, 1.165) is 94.5 Å². The Kier molecular flexibility index (Phi) is 15.5. The number of carbonyl (C=O) groups excluding carboxylic acids is 3. The Bertz CT molecular complexity index is 4530. The highest BCUT2D eigenvalue weighted by molar-refractivity contribution is 6.11. The molecule has 13 heterocycles. The number of benzene rings is 2. The van der Waals surface area contributed by atoms with Gasteiger partial charge in [-0.05, 0) is 183 Å². The van der Waals surface area contributed by atoms with Gasteiger partial charge in [-0.3, -0.25) is 34.2 Å². The average Bonchev–Trinajstić information content (AvgIpc) is 1.56. The standard InChI is InChI=1S/C41H47FN8O3.C36H42FN7O2/c1-25(2)49-24-44-33-19-32(46-36(35(33)49)45-31-6-12-43-20-30(31)42)26-4-5-29-34(16-26)50(28-17-27(18-28)48-13-9-40(21-48)7-8-40)38(52)41(29)10-14-47(15-11-41)37(51)39(3)22-53-23-39;1-22(2)43-21-39-30-18-29(41-33(32(30)43)40-28-7-11-38-19-27(28)37)23-5-6-26-31(15-23)44(34(45)36(26)9-13-46-14-10-36)25-16-24(17-25)42-12-8-35(3,4)20-42/h4-6,12,16,19-20,24-25,27-28H,7-11,13-15,17-18,21-23H2,1-3H3,(H,43,45,46);5-7,11,15,18-19,21-22,24-25H,8-10,12-14,16-17,20H2,1-4H3,(H,38,40,41). The van der Waals surface area contributed by atoms with Crippen LogP contribution in [0, 0.1) is 27.9 Å². The third kappa shape index (κ3) is 10.8. The number of pyridine rings is 4. The SMILES string of the molecule is CC(C)n1cnc2cc(-c3ccc4c(c3)N(C3CC(N5CCC(C)(C)C5)C3)C(=O)C43CCOCC3)nc(Nc3ccncc3F)c21.CC(C)n1cnc2cc(-c3ccc4c(c3)N(C3CC(N5CCC6(CC6)C5)C3)C(=O)C43CCN(C(=O)C4(C)COC4)CC3)nc(Nc3ccncc3F)c21. The molecule has 8 aromatic rings. The van der Waals surface area contributed by atoms with E-state index in [1.165, 1.54) is 51.2 Å². The minimum absolute atomic E-state index is 0.111. The van der Waals surface area contributed by atoms with Gasteiger partial charge < -0.3 is 43.9 Å². The van der Waals surface area contributed by atoms with Crippen LogP contribution in [0.4, 0.5) is 43.2 Å². The zero-order valence-electron chi connectivity index (χ0n) is 57.9. The minimum atomic E-state index is -0.669. The highest BCUT2D eigenvalue weighted by atomic mass is 19.1. The fourth-order valence-electron chi connectivity index (χ4n) is 18.0. The summed E-state index contributed by atoms with van der Waals surface area (Å²) >= 11 is 0. The van der Waals surface area contributed by atoms with Crippen LogP contribution in [0.25, 0.3) is 44.6 Å². The van der Waals surface area contributed by atoms with Crippen LogP contribution in [0.3, 0.4) is 0 Å². The topological polar surface area (TPSA) is 197 Å². The van der Waals surface area contributed by atoms with E-state index in [2.05, 4.69) is 118 Å². The van der Waals surface area contributed by atoms with Crippen molar-refractivity contribution in [2.24, 2.45) is 16.2 Å². The Morgan fingerprint density at radius 2 is 1.05 bits per heavy atom. The van der Waals surface area contributed by atoms with Gasteiger partial charge in [-0.25, -0.2) is 28.7 Å². The summed E-state index contributed by atoms with van der Waals surface area (Å²) in [6, 6.07) is 21.5. The smallest absolute Gasteiger partial charge is 0.238 e. The van der Waals surface area contributed by atoms with Gasteiger partial charge in [0.2, 0.25) is 17.7 Å². The first kappa shape index (κ1) is 64.1. The second kappa shape index (κ2) is 23.9. The van der Waals surface area contributed by atoms with Crippen LogP contribution in [0.5, 0.6) is 0 Å². The van der Waals surface area contributed by atoms with Crippen molar-refractivity contribution in [3.63, 3.8) is 0 Å². The lowest BCUT2D eigenvalue weighted by Gasteiger charge is -2.47. The summed E-state index contributed by atoms with van der Waals surface area (Å²) in [6.45, 7) is 22.9. The summed E-state index contributed by atoms with van der Waals surface area (Å²) in [5.41, 5.74) is 10.2. The number of halogens is 2. The van der Waals surface area contributed by atoms with Gasteiger partial charge >= 0.3 is 0 Å². The van der Waals surface area contributed by atoms with Crippen molar-refractivity contribution < 1.29 is 32.6 Å². The van der Waals surface area contributed by atoms with Crippen LogP contribution < -0.4 is 20.4 Å². The van der Waals surface area contributed by atoms with E-state index >= 15 is 0 Å². The van der Waals surface area contributed by atoms with Crippen molar-refractivity contribution in [1.29, 1.82) is 0 Å². The minimum Gasteiger partial charge on any atom is -0.381 e. The molecule has 22 heteroatoms. The molecule has 3 aliphatic carbocycles. The lowest BCUT2D eigenvalue weighted by Crippen LogP contribution is -2.59. The van der Waals surface area contributed by atoms with Crippen LogP contribution in [0.15, 0.2) is 98.1 Å². The number of nitrogens with zero attached hydrogens (tertiary/aromatic N) is 13. The molecule has 2 N–H and O–H groups in total. The number of ether oxygens (including phenoxy) is 2. The van der Waals surface area contributed by atoms with Crippen LogP contribution in [0.2, 0.25) is 0 Å². The maximum Gasteiger partial charge on any atom is 0.238 e. The van der Waals surface area contributed by atoms with Gasteiger partial charge in [-0.1, -0.05) is 38.1 Å². The molecular formula is C77H89F2N15O5. The maximum atomic E-state index is 14.9. The summed E-state index contributed by atoms with van der Waals surface area (Å²) in [7, 11) is 0. The molecule has 516 valence electrons. The molecule has 3 amide bonds. The van der Waals surface area contributed by atoms with E-state index in [4.69, 9.17) is 29.4 Å². The highest BCUT2D eigenvalue weighted by Gasteiger charge is 2.59. The molecule has 0 atom stereocenters. The Morgan fingerprint density at radius 3 is 1.48 bits per heavy atom. The molecule has 2 aromatic carbocycles. The van der Waals surface area contributed by atoms with E-state index in [0.29, 0.717) is 117 Å². The first-order chi connectivity index (χ1) is 47.7. The summed E-state index contributed by atoms with van der Waals surface area (Å²) in [4.78, 5) is 81.8. The van der Waals surface area contributed by atoms with Gasteiger partial charge in [0.25, 0.3) is 0 Å². The zero-order chi connectivity index (χ0) is 68.1. The van der Waals surface area contributed by atoms with Gasteiger partial charge in [0.1, 0.15) is 11.0 Å². The molecule has 7 aliphatic heterocycles. The largest absolute Gasteiger partial charge is 0.381 e. The van der Waals surface area contributed by atoms with Crippen molar-refractivity contribution in [1.82, 2.24) is 53.7 Å². The molecule has 3 spiro atoms. The molecule has 3 saturated carbocycles. The molecular weight excluding hydrogens is 1250 g/mol. The van der Waals surface area contributed by atoms with Crippen molar-refractivity contribution in [3.05, 3.63) is 121 Å². The number of hydrogen-bond acceptors (Lipinski definition) is 15. The molecule has 10 aliphatic rings. The average molecular weight is 1340 g/mol. The molecule has 0 radical (unpaired) electrons. The van der Waals surface area contributed by atoms with Crippen molar-refractivity contribution in [2.75, 3.05) is 86.1 Å². The number of likely N-dealkylation sites (tertiary alicyclic amines) is 3. The van der Waals surface area contributed by atoms with Crippen LogP contribution in [-0.2, 0) is 34.7 Å². The lowest BCUT2D eigenvalue weighted by atomic mass is 9.72. The predicted octanol–water partition coefficient (Wildman–Crippen LogP) is 12.8. The molecule has 8 fully saturated rings. The van der Waals surface area contributed by atoms with Crippen LogP contribution in [-0.4, -0.2) is 161 Å². The number of hydrogen-bond donors (Lipinski definition) is 2. The molecule has 18 rings (SSSR count). The number of anilines is 6. The monoisotopic (exact) mass is 1340 g/mol. The third-order valence-electron chi connectivity index (χ3n) is 24.3. The number of fused-ring (bicyclic) bond motifs is 6. The molecule has 6 aromatic heterocycles. The normalized spacial score (nSPS) is 24.6. The first-order valence-corrected chi connectivity index (χ1v) is 36.1. The number of nitrogens with one attached hydrogen (secondary N) is 2. The second-order valence-corrected chi connectivity index (χ2v) is 32.0. The number of amides is 3. The number of carbonyl (C=O) groups is 3. The van der Waals surface area contributed by atoms with Crippen LogP contribution >= 0.6 is 0 Å². The number of imidazole rings is 2. The molecule has 99 heavy (non-hydrogen) atoms. The highest BCUT2D eigenvalue weighted by Crippen LogP contribution is 2.57. The van der Waals surface area contributed by atoms with Gasteiger partial charge in [0.15, 0.2) is 23.3 Å². The van der Waals surface area contributed by atoms with Crippen molar-refractivity contribution in [3.8, 4) is 22.5 Å². The molecule has 20 nitrogen and oxygen atoms in total. The summed E-state index contributed by atoms with van der Waals surface area (Å²) in [5, 5.41) is 6.46. The van der Waals surface area contributed by atoms with E-state index in [1.807, 2.05) is 33.1 Å². The van der Waals surface area contributed by atoms with E-state index in [1.54, 1.807) is 37.2 Å². The van der Waals surface area contributed by atoms with Crippen molar-refractivity contribution in [2.45, 2.75) is 173 Å². The zero-order valence-corrected chi connectivity index (χ0v) is 57.9. The quantitative estimate of drug-likeness (QED) is 0.110. The van der Waals surface area contributed by atoms with Crippen LogP contribution in [0.1, 0.15) is 149 Å². The number of aromatic nitrogens is 8. The third-order valence-corrected chi connectivity index (χ3v) is 24.3. The first-order valence-electron chi connectivity index (χ1n) is 36.1. The van der Waals surface area contributed by atoms with E-state index in [9.17, 15) is 23.2 Å². The maximum absolute atomic E-state index is 14.9. The van der Waals surface area contributed by atoms with Crippen molar-refractivity contribution >= 4 is 74.2 Å². The Balaban J connectivity index is 0.000000150. The predicted molar refractivity (Wildman–Crippen MR) is 376 cm³/mol. The van der Waals surface area contributed by atoms with Gasteiger partial charge in [-0.2, -0.15) is 0 Å². The fourth-order valence-corrected chi connectivity index (χ4v) is 18.0. The Morgan fingerprint density at radius 1 is 0.566 bits per heavy atom. The fraction of sp³-hybridized carbons (Fsp3) is 0.519. The van der Waals surface area contributed by atoms with Gasteiger partial charge in [-0.15, -0.1) is 0 Å². The lowest BCUT2D eigenvalue weighted by molar-refractivity contribution is -0.170. The molecule has 0 bridgehead atoms. The second-order valence-electron chi connectivity index (χ2n) is 32.0.